The summed E-state index contributed by atoms with van der Waals surface area (Å²) in [5.74, 6) is 0. The second-order valence-corrected chi connectivity index (χ2v) is 5.73. The Kier molecular flexibility index (Phi) is 3.88. The lowest BCUT2D eigenvalue weighted by atomic mass is 9.88. The van der Waals surface area contributed by atoms with Gasteiger partial charge in [-0.2, -0.15) is 0 Å². The molecule has 1 fully saturated rings. The van der Waals surface area contributed by atoms with Crippen LogP contribution < -0.4 is 11.5 Å². The number of pyridine rings is 1. The van der Waals surface area contributed by atoms with Crippen LogP contribution in [0.25, 0.3) is 0 Å². The van der Waals surface area contributed by atoms with E-state index < -0.39 is 0 Å². The van der Waals surface area contributed by atoms with Gasteiger partial charge in [0.05, 0.1) is 0 Å². The van der Waals surface area contributed by atoms with E-state index in [-0.39, 0.29) is 11.6 Å². The first-order valence-corrected chi connectivity index (χ1v) is 6.71. The summed E-state index contributed by atoms with van der Waals surface area (Å²) >= 11 is 0. The molecule has 0 radical (unpaired) electrons. The number of rotatable bonds is 4. The lowest BCUT2D eigenvalue weighted by molar-refractivity contribution is 0.123. The van der Waals surface area contributed by atoms with Gasteiger partial charge >= 0.3 is 0 Å². The van der Waals surface area contributed by atoms with Gasteiger partial charge in [0.2, 0.25) is 0 Å². The average molecular weight is 248 g/mol. The summed E-state index contributed by atoms with van der Waals surface area (Å²) in [5.41, 5.74) is 14.2. The highest BCUT2D eigenvalue weighted by Gasteiger charge is 2.34. The maximum Gasteiger partial charge on any atom is 0.0378 e. The first-order chi connectivity index (χ1) is 8.51. The molecular weight excluding hydrogens is 224 g/mol. The highest BCUT2D eigenvalue weighted by atomic mass is 15.2. The number of nitrogens with zero attached hydrogens (tertiary/aromatic N) is 2. The Balaban J connectivity index is 2.07. The average Bonchev–Trinajstić information content (AvgIpc) is 2.86. The Hall–Kier alpha value is -1.13. The van der Waals surface area contributed by atoms with Gasteiger partial charge in [-0.15, -0.1) is 0 Å². The minimum absolute atomic E-state index is 0.0127. The van der Waals surface area contributed by atoms with E-state index in [0.717, 1.165) is 30.8 Å². The van der Waals surface area contributed by atoms with Crippen molar-refractivity contribution in [2.24, 2.45) is 5.73 Å². The SMILES string of the molecule is CC(C)(C(N)Cc1cnccc1N)N1CCCC1. The zero-order valence-electron chi connectivity index (χ0n) is 11.4. The minimum atomic E-state index is 0.0127. The van der Waals surface area contributed by atoms with Gasteiger partial charge in [-0.05, 0) is 57.8 Å². The van der Waals surface area contributed by atoms with Gasteiger partial charge in [0.25, 0.3) is 0 Å². The van der Waals surface area contributed by atoms with Crippen LogP contribution in [0.1, 0.15) is 32.3 Å². The van der Waals surface area contributed by atoms with Crippen molar-refractivity contribution >= 4 is 5.69 Å². The van der Waals surface area contributed by atoms with Crippen LogP contribution in [0.4, 0.5) is 5.69 Å². The predicted molar refractivity (Wildman–Crippen MR) is 75.2 cm³/mol. The largest absolute Gasteiger partial charge is 0.398 e. The molecule has 1 aromatic rings. The summed E-state index contributed by atoms with van der Waals surface area (Å²) in [6, 6.07) is 1.91. The third-order valence-electron chi connectivity index (χ3n) is 4.21. The highest BCUT2D eigenvalue weighted by Crippen LogP contribution is 2.26. The van der Waals surface area contributed by atoms with Gasteiger partial charge in [-0.3, -0.25) is 9.88 Å². The van der Waals surface area contributed by atoms with E-state index in [2.05, 4.69) is 23.7 Å². The summed E-state index contributed by atoms with van der Waals surface area (Å²) in [7, 11) is 0. The molecule has 4 N–H and O–H groups in total. The number of anilines is 1. The number of nitrogens with two attached hydrogens (primary N) is 2. The number of hydrogen-bond donors (Lipinski definition) is 2. The molecule has 0 spiro atoms. The molecule has 0 saturated carbocycles. The van der Waals surface area contributed by atoms with Gasteiger partial charge in [0.1, 0.15) is 0 Å². The van der Waals surface area contributed by atoms with Crippen LogP contribution in [0, 0.1) is 0 Å². The molecule has 2 rings (SSSR count). The molecular formula is C14H24N4. The van der Waals surface area contributed by atoms with E-state index in [1.165, 1.54) is 12.8 Å². The lowest BCUT2D eigenvalue weighted by Crippen LogP contribution is -2.56. The molecule has 0 aliphatic carbocycles. The molecule has 1 aliphatic rings. The predicted octanol–water partition coefficient (Wildman–Crippen LogP) is 1.41. The van der Waals surface area contributed by atoms with Crippen molar-refractivity contribution in [2.75, 3.05) is 18.8 Å². The van der Waals surface area contributed by atoms with E-state index in [9.17, 15) is 0 Å². The summed E-state index contributed by atoms with van der Waals surface area (Å²) in [5, 5.41) is 0. The van der Waals surface area contributed by atoms with Crippen molar-refractivity contribution in [2.45, 2.75) is 44.7 Å². The first-order valence-electron chi connectivity index (χ1n) is 6.71. The fourth-order valence-corrected chi connectivity index (χ4v) is 2.62. The van der Waals surface area contributed by atoms with Crippen LogP contribution in [-0.4, -0.2) is 34.6 Å². The first kappa shape index (κ1) is 13.3. The maximum absolute atomic E-state index is 6.41. The van der Waals surface area contributed by atoms with Gasteiger partial charge in [0.15, 0.2) is 0 Å². The van der Waals surface area contributed by atoms with Crippen LogP contribution in [0.5, 0.6) is 0 Å². The smallest absolute Gasteiger partial charge is 0.0378 e. The van der Waals surface area contributed by atoms with Crippen molar-refractivity contribution in [3.63, 3.8) is 0 Å². The third kappa shape index (κ3) is 2.65. The minimum Gasteiger partial charge on any atom is -0.398 e. The van der Waals surface area contributed by atoms with Gasteiger partial charge in [-0.25, -0.2) is 0 Å². The monoisotopic (exact) mass is 248 g/mol. The Morgan fingerprint density at radius 3 is 2.67 bits per heavy atom. The molecule has 4 heteroatoms. The van der Waals surface area contributed by atoms with Gasteiger partial charge < -0.3 is 11.5 Å². The number of likely N-dealkylation sites (tertiary alicyclic amines) is 1. The Labute approximate surface area is 109 Å². The Bertz CT molecular complexity index is 397. The molecule has 0 amide bonds. The van der Waals surface area contributed by atoms with Crippen molar-refractivity contribution in [3.05, 3.63) is 24.0 Å². The zero-order chi connectivity index (χ0) is 13.2. The molecule has 2 heterocycles. The van der Waals surface area contributed by atoms with E-state index in [1.807, 2.05) is 12.3 Å². The molecule has 1 atom stereocenters. The standard InChI is InChI=1S/C14H24N4/c1-14(2,18-7-3-4-8-18)13(16)9-11-10-17-6-5-12(11)15/h5-6,10,13H,3-4,7-9,16H2,1-2H3,(H2,15,17). The fraction of sp³-hybridized carbons (Fsp3) is 0.643. The van der Waals surface area contributed by atoms with E-state index in [1.54, 1.807) is 6.20 Å². The van der Waals surface area contributed by atoms with Crippen LogP contribution >= 0.6 is 0 Å². The second-order valence-electron chi connectivity index (χ2n) is 5.73. The van der Waals surface area contributed by atoms with Gasteiger partial charge in [-0.1, -0.05) is 0 Å². The van der Waals surface area contributed by atoms with Crippen molar-refractivity contribution in [3.8, 4) is 0 Å². The molecule has 0 bridgehead atoms. The van der Waals surface area contributed by atoms with Crippen molar-refractivity contribution in [1.29, 1.82) is 0 Å². The topological polar surface area (TPSA) is 68.2 Å². The molecule has 0 aromatic carbocycles. The Morgan fingerprint density at radius 2 is 2.06 bits per heavy atom. The molecule has 1 saturated heterocycles. The van der Waals surface area contributed by atoms with E-state index in [4.69, 9.17) is 11.5 Å². The van der Waals surface area contributed by atoms with E-state index >= 15 is 0 Å². The van der Waals surface area contributed by atoms with Crippen LogP contribution in [0.3, 0.4) is 0 Å². The fourth-order valence-electron chi connectivity index (χ4n) is 2.62. The highest BCUT2D eigenvalue weighted by molar-refractivity contribution is 5.44. The lowest BCUT2D eigenvalue weighted by Gasteiger charge is -2.40. The summed E-state index contributed by atoms with van der Waals surface area (Å²) in [6.07, 6.45) is 6.89. The Morgan fingerprint density at radius 1 is 1.39 bits per heavy atom. The number of aromatic nitrogens is 1. The molecule has 100 valence electrons. The second kappa shape index (κ2) is 5.24. The normalized spacial score (nSPS) is 19.1. The quantitative estimate of drug-likeness (QED) is 0.845. The molecule has 1 aliphatic heterocycles. The number of nitrogen functional groups attached to an aromatic ring is 1. The maximum atomic E-state index is 6.41. The zero-order valence-corrected chi connectivity index (χ0v) is 11.4. The van der Waals surface area contributed by atoms with Crippen LogP contribution in [-0.2, 0) is 6.42 Å². The summed E-state index contributed by atoms with van der Waals surface area (Å²) < 4.78 is 0. The van der Waals surface area contributed by atoms with Crippen molar-refractivity contribution in [1.82, 2.24) is 9.88 Å². The van der Waals surface area contributed by atoms with Crippen LogP contribution in [0.15, 0.2) is 18.5 Å². The van der Waals surface area contributed by atoms with Gasteiger partial charge in [0, 0.05) is 29.7 Å². The molecule has 18 heavy (non-hydrogen) atoms. The molecule has 1 unspecified atom stereocenters. The number of hydrogen-bond acceptors (Lipinski definition) is 4. The molecule has 4 nitrogen and oxygen atoms in total. The van der Waals surface area contributed by atoms with E-state index in [0.29, 0.717) is 0 Å². The van der Waals surface area contributed by atoms with Crippen LogP contribution in [0.2, 0.25) is 0 Å². The summed E-state index contributed by atoms with van der Waals surface area (Å²) in [6.45, 7) is 6.78. The molecule has 1 aromatic heterocycles. The third-order valence-corrected chi connectivity index (χ3v) is 4.21. The summed E-state index contributed by atoms with van der Waals surface area (Å²) in [4.78, 5) is 6.62. The van der Waals surface area contributed by atoms with Crippen molar-refractivity contribution < 1.29 is 0 Å².